The van der Waals surface area contributed by atoms with Crippen molar-refractivity contribution in [1.29, 1.82) is 0 Å². The first-order chi connectivity index (χ1) is 9.24. The van der Waals surface area contributed by atoms with Crippen LogP contribution in [0, 0.1) is 0 Å². The van der Waals surface area contributed by atoms with E-state index in [-0.39, 0.29) is 12.3 Å². The fourth-order valence-corrected chi connectivity index (χ4v) is 2.41. The Morgan fingerprint density at radius 1 is 1.42 bits per heavy atom. The summed E-state index contributed by atoms with van der Waals surface area (Å²) >= 11 is 6.05. The summed E-state index contributed by atoms with van der Waals surface area (Å²) in [6.45, 7) is 4.31. The van der Waals surface area contributed by atoms with E-state index in [9.17, 15) is 0 Å². The zero-order valence-corrected chi connectivity index (χ0v) is 12.1. The van der Waals surface area contributed by atoms with Crippen molar-refractivity contribution in [2.75, 3.05) is 26.9 Å². The van der Waals surface area contributed by atoms with Gasteiger partial charge in [-0.2, -0.15) is 0 Å². The van der Waals surface area contributed by atoms with Crippen molar-refractivity contribution in [2.45, 2.75) is 25.7 Å². The number of hydrogen-bond acceptors (Lipinski definition) is 4. The number of rotatable bonds is 6. The second kappa shape index (κ2) is 7.10. The summed E-state index contributed by atoms with van der Waals surface area (Å²) < 4.78 is 16.3. The molecule has 1 fully saturated rings. The molecule has 2 rings (SSSR count). The lowest BCUT2D eigenvalue weighted by molar-refractivity contribution is -0.0529. The van der Waals surface area contributed by atoms with E-state index in [0.717, 1.165) is 18.5 Å². The smallest absolute Gasteiger partial charge is 0.159 e. The Balaban J connectivity index is 2.12. The Kier molecular flexibility index (Phi) is 5.45. The minimum absolute atomic E-state index is 0.134. The van der Waals surface area contributed by atoms with Gasteiger partial charge in [-0.3, -0.25) is 0 Å². The van der Waals surface area contributed by atoms with Crippen molar-refractivity contribution in [3.05, 3.63) is 28.8 Å². The first-order valence-corrected chi connectivity index (χ1v) is 6.92. The summed E-state index contributed by atoms with van der Waals surface area (Å²) in [5.74, 6) is 0.690. The predicted molar refractivity (Wildman–Crippen MR) is 74.7 cm³/mol. The Morgan fingerprint density at radius 3 is 2.79 bits per heavy atom. The monoisotopic (exact) mass is 285 g/mol. The fraction of sp³-hybridized carbons (Fsp3) is 0.571. The van der Waals surface area contributed by atoms with E-state index < -0.39 is 0 Å². The average Bonchev–Trinajstić information content (AvgIpc) is 2.92. The highest BCUT2D eigenvalue weighted by Gasteiger charge is 2.22. The fourth-order valence-electron chi connectivity index (χ4n) is 2.21. The van der Waals surface area contributed by atoms with Crippen molar-refractivity contribution in [2.24, 2.45) is 0 Å². The molecule has 19 heavy (non-hydrogen) atoms. The quantitative estimate of drug-likeness (QED) is 0.872. The van der Waals surface area contributed by atoms with E-state index in [0.29, 0.717) is 24.0 Å². The van der Waals surface area contributed by atoms with Gasteiger partial charge in [0.05, 0.1) is 25.3 Å². The summed E-state index contributed by atoms with van der Waals surface area (Å²) in [7, 11) is 1.62. The first-order valence-electron chi connectivity index (χ1n) is 6.54. The normalized spacial score (nSPS) is 17.6. The van der Waals surface area contributed by atoms with Gasteiger partial charge in [0, 0.05) is 12.5 Å². The molecule has 4 nitrogen and oxygen atoms in total. The maximum absolute atomic E-state index is 6.05. The van der Waals surface area contributed by atoms with Gasteiger partial charge in [-0.05, 0) is 24.2 Å². The van der Waals surface area contributed by atoms with Crippen molar-refractivity contribution >= 4 is 11.6 Å². The lowest BCUT2D eigenvalue weighted by atomic mass is 10.0. The number of methoxy groups -OCH3 is 1. The molecule has 0 saturated carbocycles. The molecule has 1 aromatic rings. The molecular weight excluding hydrogens is 266 g/mol. The molecule has 1 aliphatic heterocycles. The number of nitrogens with one attached hydrogen (secondary N) is 1. The van der Waals surface area contributed by atoms with E-state index in [1.54, 1.807) is 7.11 Å². The molecule has 1 heterocycles. The second-order valence-corrected chi connectivity index (χ2v) is 4.82. The summed E-state index contributed by atoms with van der Waals surface area (Å²) in [5, 5.41) is 4.06. The van der Waals surface area contributed by atoms with E-state index in [1.807, 2.05) is 18.2 Å². The van der Waals surface area contributed by atoms with Gasteiger partial charge in [-0.1, -0.05) is 24.6 Å². The van der Waals surface area contributed by atoms with Crippen LogP contribution in [0.3, 0.4) is 0 Å². The molecule has 1 N–H and O–H groups in total. The number of benzene rings is 1. The van der Waals surface area contributed by atoms with Crippen molar-refractivity contribution < 1.29 is 14.2 Å². The highest BCUT2D eigenvalue weighted by atomic mass is 35.5. The van der Waals surface area contributed by atoms with Gasteiger partial charge in [0.1, 0.15) is 5.75 Å². The summed E-state index contributed by atoms with van der Waals surface area (Å²) in [5.41, 5.74) is 1.13. The maximum atomic E-state index is 6.05. The largest absolute Gasteiger partial charge is 0.495 e. The van der Waals surface area contributed by atoms with Crippen LogP contribution in [0.1, 0.15) is 24.9 Å². The molecule has 0 amide bonds. The van der Waals surface area contributed by atoms with Gasteiger partial charge in [0.15, 0.2) is 6.29 Å². The molecular formula is C14H20ClNO3. The van der Waals surface area contributed by atoms with Crippen LogP contribution >= 0.6 is 11.6 Å². The Bertz CT molecular complexity index is 408. The molecule has 1 aromatic carbocycles. The predicted octanol–water partition coefficient (Wildman–Crippen LogP) is 2.76. The minimum Gasteiger partial charge on any atom is -0.495 e. The van der Waals surface area contributed by atoms with Gasteiger partial charge in [-0.15, -0.1) is 0 Å². The molecule has 1 unspecified atom stereocenters. The van der Waals surface area contributed by atoms with Gasteiger partial charge in [-0.25, -0.2) is 0 Å². The molecule has 106 valence electrons. The van der Waals surface area contributed by atoms with Crippen LogP contribution < -0.4 is 10.1 Å². The van der Waals surface area contributed by atoms with E-state index in [1.165, 1.54) is 0 Å². The first kappa shape index (κ1) is 14.6. The molecule has 1 atom stereocenters. The summed E-state index contributed by atoms with van der Waals surface area (Å²) in [4.78, 5) is 0. The van der Waals surface area contributed by atoms with Crippen LogP contribution in [0.4, 0.5) is 0 Å². The van der Waals surface area contributed by atoms with Crippen LogP contribution in [0.5, 0.6) is 5.75 Å². The summed E-state index contributed by atoms with van der Waals surface area (Å²) in [6.07, 6.45) is 0.643. The van der Waals surface area contributed by atoms with Crippen LogP contribution in [0.25, 0.3) is 0 Å². The van der Waals surface area contributed by atoms with Crippen LogP contribution in [0.2, 0.25) is 5.02 Å². The minimum atomic E-state index is -0.134. The Morgan fingerprint density at radius 2 is 2.16 bits per heavy atom. The van der Waals surface area contributed by atoms with Crippen molar-refractivity contribution in [1.82, 2.24) is 5.32 Å². The zero-order chi connectivity index (χ0) is 13.7. The lowest BCUT2D eigenvalue weighted by Crippen LogP contribution is -2.26. The topological polar surface area (TPSA) is 39.7 Å². The van der Waals surface area contributed by atoms with Crippen LogP contribution in [0.15, 0.2) is 18.2 Å². The van der Waals surface area contributed by atoms with Crippen LogP contribution in [-0.4, -0.2) is 33.2 Å². The van der Waals surface area contributed by atoms with E-state index >= 15 is 0 Å². The molecule has 0 radical (unpaired) electrons. The third kappa shape index (κ3) is 3.83. The summed E-state index contributed by atoms with van der Waals surface area (Å²) in [6, 6.07) is 5.99. The highest BCUT2D eigenvalue weighted by molar-refractivity contribution is 6.32. The van der Waals surface area contributed by atoms with Crippen LogP contribution in [-0.2, 0) is 9.47 Å². The average molecular weight is 286 g/mol. The molecule has 5 heteroatoms. The van der Waals surface area contributed by atoms with Gasteiger partial charge < -0.3 is 19.5 Å². The third-order valence-corrected chi connectivity index (χ3v) is 3.46. The van der Waals surface area contributed by atoms with E-state index in [4.69, 9.17) is 25.8 Å². The molecule has 1 saturated heterocycles. The Hall–Kier alpha value is -0.810. The molecule has 0 aromatic heterocycles. The lowest BCUT2D eigenvalue weighted by Gasteiger charge is -2.21. The maximum Gasteiger partial charge on any atom is 0.159 e. The molecule has 0 aliphatic carbocycles. The zero-order valence-electron chi connectivity index (χ0n) is 11.3. The Labute approximate surface area is 119 Å². The second-order valence-electron chi connectivity index (χ2n) is 4.41. The number of halogens is 1. The molecule has 0 bridgehead atoms. The molecule has 0 spiro atoms. The number of ether oxygens (including phenoxy) is 3. The van der Waals surface area contributed by atoms with Crippen molar-refractivity contribution in [3.8, 4) is 5.75 Å². The number of hydrogen-bond donors (Lipinski definition) is 1. The van der Waals surface area contributed by atoms with Crippen molar-refractivity contribution in [3.63, 3.8) is 0 Å². The molecule has 1 aliphatic rings. The van der Waals surface area contributed by atoms with Gasteiger partial charge in [0.25, 0.3) is 0 Å². The van der Waals surface area contributed by atoms with E-state index in [2.05, 4.69) is 12.2 Å². The van der Waals surface area contributed by atoms with Gasteiger partial charge in [0.2, 0.25) is 0 Å². The SMILES string of the molecule is CCNC(CC1OCCO1)c1ccc(Cl)c(OC)c1. The third-order valence-electron chi connectivity index (χ3n) is 3.15. The van der Waals surface area contributed by atoms with Gasteiger partial charge >= 0.3 is 0 Å². The highest BCUT2D eigenvalue weighted by Crippen LogP contribution is 2.30. The standard InChI is InChI=1S/C14H20ClNO3/c1-3-16-12(9-14-18-6-7-19-14)10-4-5-11(15)13(8-10)17-2/h4-5,8,12,14,16H,3,6-7,9H2,1-2H3.